The fourth-order valence-corrected chi connectivity index (χ4v) is 5.70. The van der Waals surface area contributed by atoms with Gasteiger partial charge in [-0.15, -0.1) is 0 Å². The molecule has 106 valence electrons. The molecule has 0 aromatic rings. The van der Waals surface area contributed by atoms with Gasteiger partial charge in [-0.2, -0.15) is 0 Å². The van der Waals surface area contributed by atoms with Gasteiger partial charge in [0.2, 0.25) is 5.91 Å². The summed E-state index contributed by atoms with van der Waals surface area (Å²) < 4.78 is 0. The molecule has 0 spiro atoms. The van der Waals surface area contributed by atoms with Crippen LogP contribution in [-0.4, -0.2) is 25.0 Å². The lowest BCUT2D eigenvalue weighted by atomic mass is 9.49. The molecule has 0 aromatic heterocycles. The zero-order valence-electron chi connectivity index (χ0n) is 11.8. The summed E-state index contributed by atoms with van der Waals surface area (Å²) in [5.41, 5.74) is 0.0339. The number of nitrogens with one attached hydrogen (secondary N) is 2. The fraction of sp³-hybridized carbons (Fsp3) is 0.938. The molecule has 1 heterocycles. The van der Waals surface area contributed by atoms with E-state index < -0.39 is 0 Å². The van der Waals surface area contributed by atoms with E-state index in [1.807, 2.05) is 0 Å². The number of piperidine rings is 1. The molecule has 5 aliphatic rings. The summed E-state index contributed by atoms with van der Waals surface area (Å²) in [7, 11) is 0. The molecule has 4 saturated carbocycles. The van der Waals surface area contributed by atoms with Crippen LogP contribution in [0.3, 0.4) is 0 Å². The minimum atomic E-state index is 0.0339. The van der Waals surface area contributed by atoms with Crippen molar-refractivity contribution < 1.29 is 4.79 Å². The number of rotatable bonds is 2. The van der Waals surface area contributed by atoms with E-state index in [0.717, 1.165) is 37.3 Å². The highest BCUT2D eigenvalue weighted by atomic mass is 16.2. The van der Waals surface area contributed by atoms with Crippen molar-refractivity contribution in [3.63, 3.8) is 0 Å². The van der Waals surface area contributed by atoms with Gasteiger partial charge in [0.15, 0.2) is 0 Å². The van der Waals surface area contributed by atoms with Crippen molar-refractivity contribution in [1.82, 2.24) is 10.6 Å². The van der Waals surface area contributed by atoms with Gasteiger partial charge in [-0.3, -0.25) is 4.79 Å². The number of carbonyl (C=O) groups is 1. The first kappa shape index (κ1) is 12.2. The van der Waals surface area contributed by atoms with E-state index in [0.29, 0.717) is 11.9 Å². The molecular weight excluding hydrogens is 236 g/mol. The third kappa shape index (κ3) is 2.10. The molecular formula is C16H26N2O. The topological polar surface area (TPSA) is 41.1 Å². The Kier molecular flexibility index (Phi) is 2.87. The second kappa shape index (κ2) is 4.47. The third-order valence-corrected chi connectivity index (χ3v) is 6.15. The van der Waals surface area contributed by atoms with Crippen molar-refractivity contribution in [3.05, 3.63) is 0 Å². The minimum Gasteiger partial charge on any atom is -0.352 e. The maximum atomic E-state index is 12.8. The quantitative estimate of drug-likeness (QED) is 0.800. The minimum absolute atomic E-state index is 0.0339. The van der Waals surface area contributed by atoms with Crippen molar-refractivity contribution in [2.45, 2.75) is 57.4 Å². The summed E-state index contributed by atoms with van der Waals surface area (Å²) >= 11 is 0. The Labute approximate surface area is 115 Å². The first-order valence-electron chi connectivity index (χ1n) is 8.25. The normalized spacial score (nSPS) is 48.2. The Balaban J connectivity index is 1.47. The molecule has 1 atom stereocenters. The molecule has 19 heavy (non-hydrogen) atoms. The average molecular weight is 262 g/mol. The number of amides is 1. The van der Waals surface area contributed by atoms with Crippen LogP contribution in [0.15, 0.2) is 0 Å². The van der Waals surface area contributed by atoms with Crippen molar-refractivity contribution in [3.8, 4) is 0 Å². The van der Waals surface area contributed by atoms with Gasteiger partial charge in [-0.05, 0) is 75.7 Å². The molecule has 2 N–H and O–H groups in total. The lowest BCUT2D eigenvalue weighted by molar-refractivity contribution is -0.147. The first-order chi connectivity index (χ1) is 9.23. The van der Waals surface area contributed by atoms with E-state index in [2.05, 4.69) is 10.6 Å². The molecule has 5 fully saturated rings. The van der Waals surface area contributed by atoms with Crippen LogP contribution >= 0.6 is 0 Å². The van der Waals surface area contributed by atoms with Gasteiger partial charge < -0.3 is 10.6 Å². The largest absolute Gasteiger partial charge is 0.352 e. The smallest absolute Gasteiger partial charge is 0.226 e. The Hall–Kier alpha value is -0.570. The van der Waals surface area contributed by atoms with E-state index in [1.54, 1.807) is 0 Å². The van der Waals surface area contributed by atoms with E-state index >= 15 is 0 Å². The molecule has 4 aliphatic carbocycles. The standard InChI is InChI=1S/C16H26N2O/c19-15(18-14-2-1-3-17-10-14)16-7-11-4-12(8-16)6-13(5-11)9-16/h11-14,17H,1-10H2,(H,18,19)/t11?,12?,13?,14-,16?/m0/s1. The van der Waals surface area contributed by atoms with E-state index in [9.17, 15) is 4.79 Å². The van der Waals surface area contributed by atoms with Gasteiger partial charge in [0.1, 0.15) is 0 Å². The molecule has 5 rings (SSSR count). The van der Waals surface area contributed by atoms with E-state index in [1.165, 1.54) is 44.9 Å². The second-order valence-corrected chi connectivity index (χ2v) is 7.71. The maximum absolute atomic E-state index is 12.8. The highest BCUT2D eigenvalue weighted by Gasteiger charge is 2.54. The Bertz CT molecular complexity index is 338. The van der Waals surface area contributed by atoms with Crippen molar-refractivity contribution in [1.29, 1.82) is 0 Å². The second-order valence-electron chi connectivity index (χ2n) is 7.71. The SMILES string of the molecule is O=C(N[C@H]1CCCNC1)C12CC3CC(CC(C3)C1)C2. The predicted octanol–water partition coefficient (Wildman–Crippen LogP) is 2.07. The number of carbonyl (C=O) groups excluding carboxylic acids is 1. The van der Waals surface area contributed by atoms with Gasteiger partial charge in [0, 0.05) is 18.0 Å². The summed E-state index contributed by atoms with van der Waals surface area (Å²) in [6.45, 7) is 2.09. The average Bonchev–Trinajstić information content (AvgIpc) is 2.38. The van der Waals surface area contributed by atoms with Gasteiger partial charge in [-0.25, -0.2) is 0 Å². The van der Waals surface area contributed by atoms with E-state index in [4.69, 9.17) is 0 Å². The Morgan fingerprint density at radius 2 is 1.68 bits per heavy atom. The molecule has 1 saturated heterocycles. The Morgan fingerprint density at radius 3 is 2.21 bits per heavy atom. The van der Waals surface area contributed by atoms with Crippen LogP contribution in [0.1, 0.15) is 51.4 Å². The zero-order chi connectivity index (χ0) is 12.9. The van der Waals surface area contributed by atoms with Crippen molar-refractivity contribution in [2.24, 2.45) is 23.2 Å². The summed E-state index contributed by atoms with van der Waals surface area (Å²) in [5, 5.41) is 6.77. The van der Waals surface area contributed by atoms with Gasteiger partial charge in [0.25, 0.3) is 0 Å². The lowest BCUT2D eigenvalue weighted by Gasteiger charge is -2.56. The molecule has 3 nitrogen and oxygen atoms in total. The molecule has 1 aliphatic heterocycles. The van der Waals surface area contributed by atoms with Crippen molar-refractivity contribution in [2.75, 3.05) is 13.1 Å². The van der Waals surface area contributed by atoms with E-state index in [-0.39, 0.29) is 5.41 Å². The third-order valence-electron chi connectivity index (χ3n) is 6.15. The van der Waals surface area contributed by atoms with Gasteiger partial charge in [-0.1, -0.05) is 0 Å². The molecule has 0 aromatic carbocycles. The predicted molar refractivity (Wildman–Crippen MR) is 74.6 cm³/mol. The highest BCUT2D eigenvalue weighted by molar-refractivity contribution is 5.83. The van der Waals surface area contributed by atoms with Crippen LogP contribution < -0.4 is 10.6 Å². The molecule has 4 bridgehead atoms. The van der Waals surface area contributed by atoms with Crippen LogP contribution in [0.25, 0.3) is 0 Å². The Morgan fingerprint density at radius 1 is 1.05 bits per heavy atom. The van der Waals surface area contributed by atoms with Gasteiger partial charge >= 0.3 is 0 Å². The van der Waals surface area contributed by atoms with Crippen LogP contribution in [0, 0.1) is 23.2 Å². The number of hydrogen-bond acceptors (Lipinski definition) is 2. The summed E-state index contributed by atoms with van der Waals surface area (Å²) in [4.78, 5) is 12.8. The monoisotopic (exact) mass is 262 g/mol. The van der Waals surface area contributed by atoms with Crippen molar-refractivity contribution >= 4 is 5.91 Å². The van der Waals surface area contributed by atoms with Crippen LogP contribution in [0.5, 0.6) is 0 Å². The molecule has 3 heteroatoms. The molecule has 0 unspecified atom stereocenters. The first-order valence-corrected chi connectivity index (χ1v) is 8.25. The summed E-state index contributed by atoms with van der Waals surface area (Å²) in [6, 6.07) is 0.384. The van der Waals surface area contributed by atoms with Crippen LogP contribution in [0.4, 0.5) is 0 Å². The lowest BCUT2D eigenvalue weighted by Crippen LogP contribution is -2.57. The van der Waals surface area contributed by atoms with Gasteiger partial charge in [0.05, 0.1) is 0 Å². The fourth-order valence-electron chi connectivity index (χ4n) is 5.70. The summed E-state index contributed by atoms with van der Waals surface area (Å²) in [6.07, 6.45) is 10.2. The van der Waals surface area contributed by atoms with Crippen LogP contribution in [-0.2, 0) is 4.79 Å². The number of hydrogen-bond donors (Lipinski definition) is 2. The van der Waals surface area contributed by atoms with Crippen LogP contribution in [0.2, 0.25) is 0 Å². The zero-order valence-corrected chi connectivity index (χ0v) is 11.8. The summed E-state index contributed by atoms with van der Waals surface area (Å²) in [5.74, 6) is 2.99. The maximum Gasteiger partial charge on any atom is 0.226 e. The molecule has 0 radical (unpaired) electrons. The highest BCUT2D eigenvalue weighted by Crippen LogP contribution is 2.60. The molecule has 1 amide bonds.